The van der Waals surface area contributed by atoms with Crippen molar-refractivity contribution in [2.24, 2.45) is 0 Å². The van der Waals surface area contributed by atoms with E-state index >= 15 is 0 Å². The third kappa shape index (κ3) is 5.46. The minimum Gasteiger partial charge on any atom is -0.378 e. The summed E-state index contributed by atoms with van der Waals surface area (Å²) in [5.74, 6) is -0.686. The normalized spacial score (nSPS) is 20.5. The second-order valence-corrected chi connectivity index (χ2v) is 9.36. The fourth-order valence-corrected chi connectivity index (χ4v) is 4.83. The minimum atomic E-state index is -3.45. The number of amides is 2. The van der Waals surface area contributed by atoms with E-state index in [0.717, 1.165) is 25.0 Å². The Balaban J connectivity index is 1.54. The van der Waals surface area contributed by atoms with Gasteiger partial charge in [0, 0.05) is 38.1 Å². The van der Waals surface area contributed by atoms with Gasteiger partial charge in [0.05, 0.1) is 26.0 Å². The van der Waals surface area contributed by atoms with Gasteiger partial charge < -0.3 is 19.9 Å². The van der Waals surface area contributed by atoms with Crippen LogP contribution < -0.4 is 10.2 Å². The van der Waals surface area contributed by atoms with E-state index in [4.69, 9.17) is 4.74 Å². The second-order valence-electron chi connectivity index (χ2n) is 7.42. The zero-order valence-corrected chi connectivity index (χ0v) is 17.7. The first-order valence-electron chi connectivity index (χ1n) is 9.70. The van der Waals surface area contributed by atoms with Crippen LogP contribution in [-0.4, -0.2) is 88.2 Å². The molecule has 0 aromatic heterocycles. The lowest BCUT2D eigenvalue weighted by Crippen LogP contribution is -2.47. The molecular formula is C19H28N4O5S. The molecule has 1 unspecified atom stereocenters. The molecule has 2 saturated heterocycles. The zero-order chi connectivity index (χ0) is 21.0. The molecule has 0 radical (unpaired) electrons. The molecule has 2 aliphatic rings. The van der Waals surface area contributed by atoms with Crippen LogP contribution in [-0.2, 0) is 24.3 Å². The largest absolute Gasteiger partial charge is 0.378 e. The number of hydrogen-bond acceptors (Lipinski definition) is 6. The fraction of sp³-hybridized carbons (Fsp3) is 0.579. The van der Waals surface area contributed by atoms with E-state index in [0.29, 0.717) is 38.3 Å². The highest BCUT2D eigenvalue weighted by atomic mass is 32.2. The molecule has 3 rings (SSSR count). The van der Waals surface area contributed by atoms with Crippen LogP contribution in [0.15, 0.2) is 24.3 Å². The Hall–Kier alpha value is -2.17. The van der Waals surface area contributed by atoms with Crippen molar-refractivity contribution in [2.45, 2.75) is 18.9 Å². The van der Waals surface area contributed by atoms with Crippen molar-refractivity contribution in [1.82, 2.24) is 9.21 Å². The van der Waals surface area contributed by atoms with Gasteiger partial charge in [-0.3, -0.25) is 9.59 Å². The second kappa shape index (κ2) is 9.10. The Morgan fingerprint density at radius 3 is 2.45 bits per heavy atom. The van der Waals surface area contributed by atoms with E-state index in [1.54, 1.807) is 0 Å². The van der Waals surface area contributed by atoms with Crippen molar-refractivity contribution < 1.29 is 22.7 Å². The zero-order valence-electron chi connectivity index (χ0n) is 16.8. The molecule has 160 valence electrons. The number of nitrogens with one attached hydrogen (secondary N) is 1. The third-order valence-electron chi connectivity index (χ3n) is 5.20. The van der Waals surface area contributed by atoms with Crippen LogP contribution in [0.25, 0.3) is 0 Å². The first kappa shape index (κ1) is 21.5. The number of benzene rings is 1. The standard InChI is InChI=1S/C19H28N4O5S/c1-21(19(25)17-4-3-9-23(17)29(2,26)27)14-18(24)20-15-5-7-16(8-6-15)22-10-12-28-13-11-22/h5-8,17H,3-4,9-14H2,1-2H3,(H,20,24). The lowest BCUT2D eigenvalue weighted by molar-refractivity contribution is -0.136. The molecule has 1 aromatic rings. The number of hydrogen-bond donors (Lipinski definition) is 1. The lowest BCUT2D eigenvalue weighted by Gasteiger charge is -2.29. The molecule has 9 nitrogen and oxygen atoms in total. The van der Waals surface area contributed by atoms with Gasteiger partial charge in [0.2, 0.25) is 21.8 Å². The van der Waals surface area contributed by atoms with Gasteiger partial charge >= 0.3 is 0 Å². The van der Waals surface area contributed by atoms with E-state index in [1.165, 1.54) is 16.3 Å². The quantitative estimate of drug-likeness (QED) is 0.707. The number of likely N-dealkylation sites (N-methyl/N-ethyl adjacent to an activating group) is 1. The van der Waals surface area contributed by atoms with Crippen molar-refractivity contribution in [3.63, 3.8) is 0 Å². The SMILES string of the molecule is CN(CC(=O)Nc1ccc(N2CCOCC2)cc1)C(=O)C1CCCN1S(C)(=O)=O. The molecule has 0 bridgehead atoms. The third-order valence-corrected chi connectivity index (χ3v) is 6.49. The molecular weight excluding hydrogens is 396 g/mol. The van der Waals surface area contributed by atoms with E-state index < -0.39 is 16.1 Å². The maximum Gasteiger partial charge on any atom is 0.243 e. The number of nitrogens with zero attached hydrogens (tertiary/aromatic N) is 3. The Labute approximate surface area is 171 Å². The number of ether oxygens (including phenoxy) is 1. The Morgan fingerprint density at radius 2 is 1.83 bits per heavy atom. The average molecular weight is 425 g/mol. The Kier molecular flexibility index (Phi) is 6.76. The summed E-state index contributed by atoms with van der Waals surface area (Å²) in [6.07, 6.45) is 2.21. The molecule has 0 saturated carbocycles. The summed E-state index contributed by atoms with van der Waals surface area (Å²) in [5, 5.41) is 2.78. The van der Waals surface area contributed by atoms with Crippen molar-refractivity contribution in [2.75, 3.05) is 62.9 Å². The van der Waals surface area contributed by atoms with Gasteiger partial charge in [0.25, 0.3) is 0 Å². The summed E-state index contributed by atoms with van der Waals surface area (Å²) in [6.45, 7) is 3.28. The van der Waals surface area contributed by atoms with Crippen LogP contribution in [0.1, 0.15) is 12.8 Å². The molecule has 0 aliphatic carbocycles. The van der Waals surface area contributed by atoms with Gasteiger partial charge in [-0.2, -0.15) is 4.31 Å². The van der Waals surface area contributed by atoms with E-state index in [9.17, 15) is 18.0 Å². The molecule has 29 heavy (non-hydrogen) atoms. The molecule has 2 amide bonds. The summed E-state index contributed by atoms with van der Waals surface area (Å²) in [7, 11) is -1.93. The van der Waals surface area contributed by atoms with Crippen molar-refractivity contribution >= 4 is 33.2 Å². The Morgan fingerprint density at radius 1 is 1.17 bits per heavy atom. The van der Waals surface area contributed by atoms with Gasteiger partial charge in [0.1, 0.15) is 6.04 Å². The van der Waals surface area contributed by atoms with Crippen molar-refractivity contribution in [3.8, 4) is 0 Å². The van der Waals surface area contributed by atoms with E-state index in [2.05, 4.69) is 10.2 Å². The van der Waals surface area contributed by atoms with Gasteiger partial charge in [-0.1, -0.05) is 0 Å². The number of morpholine rings is 1. The predicted molar refractivity (Wildman–Crippen MR) is 110 cm³/mol. The highest BCUT2D eigenvalue weighted by Crippen LogP contribution is 2.22. The molecule has 2 aliphatic heterocycles. The van der Waals surface area contributed by atoms with Gasteiger partial charge in [0.15, 0.2) is 0 Å². The van der Waals surface area contributed by atoms with Gasteiger partial charge in [-0.05, 0) is 37.1 Å². The predicted octanol–water partition coefficient (Wildman–Crippen LogP) is 0.344. The van der Waals surface area contributed by atoms with Crippen LogP contribution in [0.2, 0.25) is 0 Å². The molecule has 1 N–H and O–H groups in total. The molecule has 2 heterocycles. The van der Waals surface area contributed by atoms with Crippen molar-refractivity contribution in [1.29, 1.82) is 0 Å². The number of rotatable bonds is 6. The maximum absolute atomic E-state index is 12.6. The number of sulfonamides is 1. The first-order valence-corrected chi connectivity index (χ1v) is 11.5. The first-order chi connectivity index (χ1) is 13.8. The lowest BCUT2D eigenvalue weighted by atomic mass is 10.2. The molecule has 1 aromatic carbocycles. The van der Waals surface area contributed by atoms with E-state index in [1.807, 2.05) is 24.3 Å². The summed E-state index contributed by atoms with van der Waals surface area (Å²) < 4.78 is 30.2. The highest BCUT2D eigenvalue weighted by Gasteiger charge is 2.38. The van der Waals surface area contributed by atoms with Crippen LogP contribution in [0, 0.1) is 0 Å². The molecule has 10 heteroatoms. The fourth-order valence-electron chi connectivity index (χ4n) is 3.71. The summed E-state index contributed by atoms with van der Waals surface area (Å²) in [5.41, 5.74) is 1.71. The highest BCUT2D eigenvalue weighted by molar-refractivity contribution is 7.88. The average Bonchev–Trinajstić information content (AvgIpc) is 3.19. The summed E-state index contributed by atoms with van der Waals surface area (Å²) in [6, 6.07) is 6.81. The molecule has 1 atom stereocenters. The topological polar surface area (TPSA) is 99.3 Å². The van der Waals surface area contributed by atoms with Gasteiger partial charge in [-0.15, -0.1) is 0 Å². The molecule has 0 spiro atoms. The monoisotopic (exact) mass is 424 g/mol. The Bertz CT molecular complexity index is 837. The van der Waals surface area contributed by atoms with Crippen molar-refractivity contribution in [3.05, 3.63) is 24.3 Å². The maximum atomic E-state index is 12.6. The van der Waals surface area contributed by atoms with Gasteiger partial charge in [-0.25, -0.2) is 8.42 Å². The van der Waals surface area contributed by atoms with Crippen LogP contribution in [0.3, 0.4) is 0 Å². The summed E-state index contributed by atoms with van der Waals surface area (Å²) in [4.78, 5) is 28.5. The minimum absolute atomic E-state index is 0.141. The van der Waals surface area contributed by atoms with Crippen LogP contribution in [0.4, 0.5) is 11.4 Å². The molecule has 2 fully saturated rings. The number of anilines is 2. The van der Waals surface area contributed by atoms with E-state index in [-0.39, 0.29) is 18.4 Å². The number of carbonyl (C=O) groups excluding carboxylic acids is 2. The van der Waals surface area contributed by atoms with Crippen LogP contribution in [0.5, 0.6) is 0 Å². The number of carbonyl (C=O) groups is 2. The smallest absolute Gasteiger partial charge is 0.243 e. The summed E-state index contributed by atoms with van der Waals surface area (Å²) >= 11 is 0. The van der Waals surface area contributed by atoms with Crippen LogP contribution >= 0.6 is 0 Å².